The SMILES string of the molecule is COC(=O)c1cc(NC(=O)c2cc3nc(-c4ccc5c(c4)OCO5)cc(C(F)(F)F)n3n2)cc(C(=O)OC)c1. The second-order valence-corrected chi connectivity index (χ2v) is 8.13. The van der Waals surface area contributed by atoms with Crippen molar-refractivity contribution in [1.29, 1.82) is 0 Å². The molecule has 1 amide bonds. The Balaban J connectivity index is 1.53. The summed E-state index contributed by atoms with van der Waals surface area (Å²) in [5.41, 5.74) is -1.69. The number of ether oxygens (including phenoxy) is 4. The predicted octanol–water partition coefficient (Wildman–Crippen LogP) is 3.97. The van der Waals surface area contributed by atoms with Gasteiger partial charge < -0.3 is 24.3 Å². The molecule has 1 N–H and O–H groups in total. The molecule has 200 valence electrons. The number of hydrogen-bond acceptors (Lipinski definition) is 9. The fourth-order valence-corrected chi connectivity index (χ4v) is 3.86. The molecule has 5 rings (SSSR count). The Kier molecular flexibility index (Phi) is 6.30. The van der Waals surface area contributed by atoms with Gasteiger partial charge in [-0.3, -0.25) is 4.79 Å². The molecule has 4 aromatic rings. The Labute approximate surface area is 217 Å². The highest BCUT2D eigenvalue weighted by atomic mass is 19.4. The molecule has 0 atom stereocenters. The van der Waals surface area contributed by atoms with Crippen LogP contribution in [0.25, 0.3) is 16.9 Å². The number of aromatic nitrogens is 3. The molecule has 2 aromatic carbocycles. The van der Waals surface area contributed by atoms with E-state index in [2.05, 4.69) is 24.9 Å². The molecule has 2 aromatic heterocycles. The van der Waals surface area contributed by atoms with Gasteiger partial charge in [-0.25, -0.2) is 19.1 Å². The molecule has 1 aliphatic rings. The van der Waals surface area contributed by atoms with Crippen LogP contribution in [0.5, 0.6) is 11.5 Å². The number of anilines is 1. The number of carbonyl (C=O) groups excluding carboxylic acids is 3. The lowest BCUT2D eigenvalue weighted by Crippen LogP contribution is -2.16. The zero-order chi connectivity index (χ0) is 27.9. The lowest BCUT2D eigenvalue weighted by Gasteiger charge is -2.11. The highest BCUT2D eigenvalue weighted by Gasteiger charge is 2.36. The number of rotatable bonds is 5. The largest absolute Gasteiger partial charge is 0.465 e. The molecule has 39 heavy (non-hydrogen) atoms. The molecule has 0 aliphatic carbocycles. The Bertz CT molecular complexity index is 1610. The van der Waals surface area contributed by atoms with Crippen molar-refractivity contribution < 1.29 is 46.5 Å². The van der Waals surface area contributed by atoms with Gasteiger partial charge in [0.15, 0.2) is 28.5 Å². The summed E-state index contributed by atoms with van der Waals surface area (Å²) < 4.78 is 62.3. The minimum absolute atomic E-state index is 0.0101. The normalized spacial score (nSPS) is 12.3. The van der Waals surface area contributed by atoms with Crippen LogP contribution >= 0.6 is 0 Å². The number of esters is 2. The van der Waals surface area contributed by atoms with Gasteiger partial charge in [-0.15, -0.1) is 0 Å². The summed E-state index contributed by atoms with van der Waals surface area (Å²) in [6.45, 7) is -0.0101. The molecule has 3 heterocycles. The van der Waals surface area contributed by atoms with E-state index in [1.807, 2.05) is 0 Å². The molecule has 0 spiro atoms. The Morgan fingerprint density at radius 1 is 0.923 bits per heavy atom. The number of alkyl halides is 3. The van der Waals surface area contributed by atoms with E-state index >= 15 is 0 Å². The van der Waals surface area contributed by atoms with Crippen LogP contribution in [0.4, 0.5) is 18.9 Å². The molecule has 0 saturated heterocycles. The number of hydrogen-bond donors (Lipinski definition) is 1. The summed E-state index contributed by atoms with van der Waals surface area (Å²) in [5.74, 6) is -1.70. The van der Waals surface area contributed by atoms with Crippen molar-refractivity contribution in [3.05, 3.63) is 71.0 Å². The molecule has 0 fully saturated rings. The van der Waals surface area contributed by atoms with Crippen LogP contribution in [0.1, 0.15) is 36.9 Å². The van der Waals surface area contributed by atoms with Gasteiger partial charge in [0.25, 0.3) is 5.91 Å². The number of methoxy groups -OCH3 is 2. The lowest BCUT2D eigenvalue weighted by molar-refractivity contribution is -0.142. The highest BCUT2D eigenvalue weighted by molar-refractivity contribution is 6.05. The molecular formula is C25H17F3N4O7. The van der Waals surface area contributed by atoms with Crippen LogP contribution in [0, 0.1) is 0 Å². The van der Waals surface area contributed by atoms with Crippen molar-refractivity contribution in [3.8, 4) is 22.8 Å². The summed E-state index contributed by atoms with van der Waals surface area (Å²) in [6, 6.07) is 10.1. The van der Waals surface area contributed by atoms with Crippen molar-refractivity contribution in [1.82, 2.24) is 14.6 Å². The van der Waals surface area contributed by atoms with Crippen molar-refractivity contribution in [2.75, 3.05) is 26.3 Å². The fourth-order valence-electron chi connectivity index (χ4n) is 3.86. The first-order chi connectivity index (χ1) is 18.6. The molecular weight excluding hydrogens is 525 g/mol. The van der Waals surface area contributed by atoms with Gasteiger partial charge in [-0.05, 0) is 42.5 Å². The maximum absolute atomic E-state index is 14.0. The average Bonchev–Trinajstić information content (AvgIpc) is 3.57. The maximum atomic E-state index is 14.0. The number of nitrogens with one attached hydrogen (secondary N) is 1. The molecule has 0 unspecified atom stereocenters. The van der Waals surface area contributed by atoms with Crippen LogP contribution in [0.2, 0.25) is 0 Å². The van der Waals surface area contributed by atoms with E-state index in [0.29, 0.717) is 21.6 Å². The topological polar surface area (TPSA) is 130 Å². The van der Waals surface area contributed by atoms with Crippen LogP contribution < -0.4 is 14.8 Å². The Hall–Kier alpha value is -5.14. The summed E-state index contributed by atoms with van der Waals surface area (Å²) >= 11 is 0. The van der Waals surface area contributed by atoms with Gasteiger partial charge in [-0.2, -0.15) is 18.3 Å². The van der Waals surface area contributed by atoms with Crippen LogP contribution in [-0.4, -0.2) is 53.5 Å². The summed E-state index contributed by atoms with van der Waals surface area (Å²) in [6.07, 6.45) is -4.84. The van der Waals surface area contributed by atoms with Gasteiger partial charge in [0.2, 0.25) is 6.79 Å². The highest BCUT2D eigenvalue weighted by Crippen LogP contribution is 2.37. The summed E-state index contributed by atoms with van der Waals surface area (Å²) in [7, 11) is 2.26. The fraction of sp³-hybridized carbons (Fsp3) is 0.160. The minimum atomic E-state index is -4.84. The third-order valence-electron chi connectivity index (χ3n) is 5.65. The number of amides is 1. The quantitative estimate of drug-likeness (QED) is 0.372. The van der Waals surface area contributed by atoms with E-state index in [1.54, 1.807) is 6.07 Å². The van der Waals surface area contributed by atoms with E-state index in [4.69, 9.17) is 9.47 Å². The van der Waals surface area contributed by atoms with Gasteiger partial charge in [-0.1, -0.05) is 0 Å². The number of benzene rings is 2. The predicted molar refractivity (Wildman–Crippen MR) is 127 cm³/mol. The van der Waals surface area contributed by atoms with E-state index < -0.39 is 35.4 Å². The van der Waals surface area contributed by atoms with Gasteiger partial charge >= 0.3 is 18.1 Å². The maximum Gasteiger partial charge on any atom is 0.433 e. The van der Waals surface area contributed by atoms with Crippen molar-refractivity contribution in [2.45, 2.75) is 6.18 Å². The smallest absolute Gasteiger partial charge is 0.433 e. The van der Waals surface area contributed by atoms with Crippen molar-refractivity contribution in [3.63, 3.8) is 0 Å². The third-order valence-corrected chi connectivity index (χ3v) is 5.65. The van der Waals surface area contributed by atoms with Gasteiger partial charge in [0.05, 0.1) is 31.0 Å². The molecule has 0 radical (unpaired) electrons. The van der Waals surface area contributed by atoms with E-state index in [0.717, 1.165) is 26.4 Å². The van der Waals surface area contributed by atoms with Gasteiger partial charge in [0.1, 0.15) is 0 Å². The number of fused-ring (bicyclic) bond motifs is 2. The van der Waals surface area contributed by atoms with Crippen LogP contribution in [0.3, 0.4) is 0 Å². The second-order valence-electron chi connectivity index (χ2n) is 8.13. The Morgan fingerprint density at radius 2 is 1.59 bits per heavy atom. The molecule has 0 saturated carbocycles. The molecule has 0 bridgehead atoms. The minimum Gasteiger partial charge on any atom is -0.465 e. The standard InChI is InChI=1S/C25H17F3N4O7/c1-36-23(34)13-5-14(24(35)37-2)7-15(6-13)29-22(33)17-10-21-30-16(9-20(25(26,27)28)32(21)31-17)12-3-4-18-19(8-12)39-11-38-18/h3-10H,11H2,1-2H3,(H,29,33). The first-order valence-electron chi connectivity index (χ1n) is 11.1. The summed E-state index contributed by atoms with van der Waals surface area (Å²) in [4.78, 5) is 41.2. The van der Waals surface area contributed by atoms with Gasteiger partial charge in [0, 0.05) is 17.3 Å². The third kappa shape index (κ3) is 4.91. The van der Waals surface area contributed by atoms with Crippen molar-refractivity contribution >= 4 is 29.2 Å². The zero-order valence-corrected chi connectivity index (χ0v) is 20.2. The first-order valence-corrected chi connectivity index (χ1v) is 11.1. The first kappa shape index (κ1) is 25.5. The number of nitrogens with zero attached hydrogens (tertiary/aromatic N) is 3. The number of halogens is 3. The van der Waals surface area contributed by atoms with E-state index in [1.165, 1.54) is 30.3 Å². The average molecular weight is 542 g/mol. The Morgan fingerprint density at radius 3 is 2.23 bits per heavy atom. The monoisotopic (exact) mass is 542 g/mol. The summed E-state index contributed by atoms with van der Waals surface area (Å²) in [5, 5.41) is 6.23. The zero-order valence-electron chi connectivity index (χ0n) is 20.2. The second kappa shape index (κ2) is 9.63. The van der Waals surface area contributed by atoms with Crippen LogP contribution in [-0.2, 0) is 15.7 Å². The van der Waals surface area contributed by atoms with E-state index in [9.17, 15) is 27.6 Å². The molecule has 1 aliphatic heterocycles. The van der Waals surface area contributed by atoms with E-state index in [-0.39, 0.29) is 34.9 Å². The molecule has 11 nitrogen and oxygen atoms in total. The molecule has 14 heteroatoms. The van der Waals surface area contributed by atoms with Crippen molar-refractivity contribution in [2.24, 2.45) is 0 Å². The lowest BCUT2D eigenvalue weighted by atomic mass is 10.1. The van der Waals surface area contributed by atoms with Crippen LogP contribution in [0.15, 0.2) is 48.5 Å². The number of carbonyl (C=O) groups is 3.